The monoisotopic (exact) mass is 298 g/mol. The minimum absolute atomic E-state index is 0.0228. The number of rotatable bonds is 6. The summed E-state index contributed by atoms with van der Waals surface area (Å²) in [6, 6.07) is 0. The summed E-state index contributed by atoms with van der Waals surface area (Å²) in [6.07, 6.45) is 4.07. The molecule has 0 saturated carbocycles. The van der Waals surface area contributed by atoms with E-state index in [4.69, 9.17) is 9.16 Å². The lowest BCUT2D eigenvalue weighted by Gasteiger charge is -2.40. The van der Waals surface area contributed by atoms with E-state index in [1.807, 2.05) is 0 Å². The third-order valence-electron chi connectivity index (χ3n) is 4.64. The highest BCUT2D eigenvalue weighted by atomic mass is 28.4. The molecule has 1 aliphatic heterocycles. The van der Waals surface area contributed by atoms with E-state index in [1.54, 1.807) is 6.08 Å². The maximum atomic E-state index is 11.8. The predicted molar refractivity (Wildman–Crippen MR) is 85.2 cm³/mol. The maximum Gasteiger partial charge on any atom is 0.309 e. The van der Waals surface area contributed by atoms with Gasteiger partial charge in [-0.3, -0.25) is 4.79 Å². The van der Waals surface area contributed by atoms with Gasteiger partial charge in [0, 0.05) is 6.42 Å². The Balaban J connectivity index is 2.73. The fourth-order valence-electron chi connectivity index (χ4n) is 2.27. The minimum Gasteiger partial charge on any atom is -0.459 e. The molecule has 116 valence electrons. The molecule has 0 bridgehead atoms. The van der Waals surface area contributed by atoms with Crippen molar-refractivity contribution in [2.24, 2.45) is 5.92 Å². The molecule has 0 aromatic rings. The number of ether oxygens (including phenoxy) is 1. The topological polar surface area (TPSA) is 35.5 Å². The number of esters is 1. The predicted octanol–water partition coefficient (Wildman–Crippen LogP) is 4.29. The Morgan fingerprint density at radius 3 is 2.55 bits per heavy atom. The summed E-state index contributed by atoms with van der Waals surface area (Å²) < 4.78 is 12.0. The minimum atomic E-state index is -1.83. The van der Waals surface area contributed by atoms with Gasteiger partial charge >= 0.3 is 5.97 Å². The summed E-state index contributed by atoms with van der Waals surface area (Å²) >= 11 is 0. The van der Waals surface area contributed by atoms with Gasteiger partial charge in [-0.2, -0.15) is 0 Å². The number of carbonyl (C=O) groups is 1. The second kappa shape index (κ2) is 6.44. The van der Waals surface area contributed by atoms with Gasteiger partial charge in [0.2, 0.25) is 0 Å². The van der Waals surface area contributed by atoms with Crippen LogP contribution in [0.2, 0.25) is 18.1 Å². The summed E-state index contributed by atoms with van der Waals surface area (Å²) in [5, 5.41) is 0.170. The molecule has 0 N–H and O–H groups in total. The van der Waals surface area contributed by atoms with Gasteiger partial charge in [0.15, 0.2) is 8.32 Å². The van der Waals surface area contributed by atoms with Crippen LogP contribution in [0.1, 0.15) is 47.0 Å². The van der Waals surface area contributed by atoms with Crippen molar-refractivity contribution in [2.45, 2.75) is 77.3 Å². The quantitative estimate of drug-likeness (QED) is 0.417. The van der Waals surface area contributed by atoms with Crippen LogP contribution in [0.5, 0.6) is 0 Å². The maximum absolute atomic E-state index is 11.8. The normalized spacial score (nSPS) is 25.4. The smallest absolute Gasteiger partial charge is 0.309 e. The van der Waals surface area contributed by atoms with Crippen molar-refractivity contribution in [1.29, 1.82) is 0 Å². The summed E-state index contributed by atoms with van der Waals surface area (Å²) in [5.74, 6) is -0.123. The Labute approximate surface area is 124 Å². The summed E-state index contributed by atoms with van der Waals surface area (Å²) in [4.78, 5) is 11.8. The standard InChI is InChI=1S/C16H30O3Si/c1-8-10-12-11-14(18-15(12)17)13(9-2)19-20(6,7)16(3,4)5/h8,12-14H,1,9-11H2,2-7H3/t12-,13+,14+/m1/s1. The zero-order valence-electron chi connectivity index (χ0n) is 13.9. The van der Waals surface area contributed by atoms with Crippen LogP contribution in [0.3, 0.4) is 0 Å². The number of allylic oxidation sites excluding steroid dienone is 1. The van der Waals surface area contributed by atoms with E-state index in [1.165, 1.54) is 0 Å². The third-order valence-corrected chi connectivity index (χ3v) is 9.14. The van der Waals surface area contributed by atoms with Crippen LogP contribution >= 0.6 is 0 Å². The van der Waals surface area contributed by atoms with Crippen LogP contribution in [0.25, 0.3) is 0 Å². The molecule has 0 unspecified atom stereocenters. The van der Waals surface area contributed by atoms with Gasteiger partial charge < -0.3 is 9.16 Å². The fraction of sp³-hybridized carbons (Fsp3) is 0.812. The van der Waals surface area contributed by atoms with Gasteiger partial charge in [0.1, 0.15) is 6.10 Å². The lowest BCUT2D eigenvalue weighted by Crippen LogP contribution is -2.46. The highest BCUT2D eigenvalue weighted by Crippen LogP contribution is 2.39. The zero-order valence-corrected chi connectivity index (χ0v) is 14.9. The number of carbonyl (C=O) groups excluding carboxylic acids is 1. The fourth-order valence-corrected chi connectivity index (χ4v) is 3.70. The van der Waals surface area contributed by atoms with E-state index < -0.39 is 8.32 Å². The molecule has 1 saturated heterocycles. The first-order valence-electron chi connectivity index (χ1n) is 7.61. The first kappa shape index (κ1) is 17.4. The van der Waals surface area contributed by atoms with Crippen molar-refractivity contribution >= 4 is 14.3 Å². The third kappa shape index (κ3) is 3.95. The van der Waals surface area contributed by atoms with Crippen LogP contribution in [0.4, 0.5) is 0 Å². The molecule has 1 heterocycles. The van der Waals surface area contributed by atoms with E-state index in [2.05, 4.69) is 47.4 Å². The molecule has 0 amide bonds. The Kier molecular flexibility index (Phi) is 5.61. The Hall–Kier alpha value is -0.613. The van der Waals surface area contributed by atoms with E-state index in [9.17, 15) is 4.79 Å². The van der Waals surface area contributed by atoms with Gasteiger partial charge in [-0.1, -0.05) is 33.8 Å². The first-order valence-corrected chi connectivity index (χ1v) is 10.5. The lowest BCUT2D eigenvalue weighted by atomic mass is 9.98. The second-order valence-corrected chi connectivity index (χ2v) is 12.0. The van der Waals surface area contributed by atoms with Crippen LogP contribution in [-0.4, -0.2) is 26.5 Å². The number of hydrogen-bond donors (Lipinski definition) is 0. The van der Waals surface area contributed by atoms with Gasteiger partial charge in [0.25, 0.3) is 0 Å². The van der Waals surface area contributed by atoms with Crippen LogP contribution in [0, 0.1) is 5.92 Å². The molecule has 1 fully saturated rings. The molecular weight excluding hydrogens is 268 g/mol. The average Bonchev–Trinajstić information content (AvgIpc) is 2.67. The molecule has 0 aromatic heterocycles. The molecule has 1 aliphatic rings. The van der Waals surface area contributed by atoms with Crippen LogP contribution < -0.4 is 0 Å². The lowest BCUT2D eigenvalue weighted by molar-refractivity contribution is -0.147. The van der Waals surface area contributed by atoms with E-state index in [-0.39, 0.29) is 29.1 Å². The van der Waals surface area contributed by atoms with E-state index >= 15 is 0 Å². The molecule has 1 rings (SSSR count). The zero-order chi connectivity index (χ0) is 15.6. The largest absolute Gasteiger partial charge is 0.459 e. The molecule has 0 spiro atoms. The number of cyclic esters (lactones) is 1. The average molecular weight is 298 g/mol. The van der Waals surface area contributed by atoms with Crippen molar-refractivity contribution in [3.63, 3.8) is 0 Å². The highest BCUT2D eigenvalue weighted by Gasteiger charge is 2.44. The van der Waals surface area contributed by atoms with E-state index in [0.29, 0.717) is 6.42 Å². The second-order valence-electron chi connectivity index (χ2n) is 7.26. The summed E-state index contributed by atoms with van der Waals surface area (Å²) in [6.45, 7) is 17.0. The summed E-state index contributed by atoms with van der Waals surface area (Å²) in [7, 11) is -1.83. The Morgan fingerprint density at radius 2 is 2.10 bits per heavy atom. The first-order chi connectivity index (χ1) is 9.12. The molecule has 3 atom stereocenters. The molecular formula is C16H30O3Si. The number of hydrogen-bond acceptors (Lipinski definition) is 3. The molecule has 4 heteroatoms. The van der Waals surface area contributed by atoms with E-state index in [0.717, 1.165) is 12.8 Å². The molecule has 20 heavy (non-hydrogen) atoms. The van der Waals surface area contributed by atoms with Gasteiger partial charge in [-0.05, 0) is 31.0 Å². The molecule has 0 aromatic carbocycles. The van der Waals surface area contributed by atoms with Crippen molar-refractivity contribution < 1.29 is 14.0 Å². The van der Waals surface area contributed by atoms with Crippen molar-refractivity contribution in [3.05, 3.63) is 12.7 Å². The summed E-state index contributed by atoms with van der Waals surface area (Å²) in [5.41, 5.74) is 0. The van der Waals surface area contributed by atoms with Crippen LogP contribution in [0.15, 0.2) is 12.7 Å². The SMILES string of the molecule is C=CC[C@@H]1C[C@@H]([C@H](CC)O[Si](C)(C)C(C)(C)C)OC1=O. The Bertz CT molecular complexity index is 357. The van der Waals surface area contributed by atoms with Gasteiger partial charge in [-0.25, -0.2) is 0 Å². The van der Waals surface area contributed by atoms with Crippen LogP contribution in [-0.2, 0) is 14.0 Å². The Morgan fingerprint density at radius 1 is 1.50 bits per heavy atom. The van der Waals surface area contributed by atoms with Crippen molar-refractivity contribution in [3.8, 4) is 0 Å². The van der Waals surface area contributed by atoms with Crippen molar-refractivity contribution in [2.75, 3.05) is 0 Å². The van der Waals surface area contributed by atoms with Gasteiger partial charge in [0.05, 0.1) is 12.0 Å². The molecule has 0 radical (unpaired) electrons. The molecule has 3 nitrogen and oxygen atoms in total. The highest BCUT2D eigenvalue weighted by molar-refractivity contribution is 6.74. The van der Waals surface area contributed by atoms with Gasteiger partial charge in [-0.15, -0.1) is 6.58 Å². The molecule has 0 aliphatic carbocycles. The van der Waals surface area contributed by atoms with Crippen molar-refractivity contribution in [1.82, 2.24) is 0 Å².